The van der Waals surface area contributed by atoms with Crippen LogP contribution in [0.1, 0.15) is 50.8 Å². The third kappa shape index (κ3) is 4.41. The third-order valence-electron chi connectivity index (χ3n) is 6.45. The van der Waals surface area contributed by atoms with Gasteiger partial charge in [0.2, 0.25) is 5.91 Å². The number of hydrogen-bond donors (Lipinski definition) is 1. The summed E-state index contributed by atoms with van der Waals surface area (Å²) in [5.41, 5.74) is -0.0474. The Kier molecular flexibility index (Phi) is 5.92. The molecule has 2 aliphatic rings. The molecule has 0 aliphatic carbocycles. The highest BCUT2D eigenvalue weighted by Crippen LogP contribution is 2.29. The maximum Gasteiger partial charge on any atom is 0.219 e. The summed E-state index contributed by atoms with van der Waals surface area (Å²) in [5, 5.41) is 24.6. The lowest BCUT2D eigenvalue weighted by Crippen LogP contribution is -2.52. The summed E-state index contributed by atoms with van der Waals surface area (Å²) in [6.45, 7) is 5.20. The molecule has 9 nitrogen and oxygen atoms in total. The molecule has 0 radical (unpaired) electrons. The number of carbonyl (C=O) groups excluding carboxylic acids is 1. The number of aromatic nitrogens is 4. The molecule has 2 fully saturated rings. The lowest BCUT2D eigenvalue weighted by Gasteiger charge is -2.39. The van der Waals surface area contributed by atoms with Crippen LogP contribution >= 0.6 is 0 Å². The van der Waals surface area contributed by atoms with Crippen molar-refractivity contribution in [3.8, 4) is 0 Å². The fraction of sp³-hybridized carbons (Fsp3) is 0.714. The Hall–Kier alpha value is -2.26. The van der Waals surface area contributed by atoms with Crippen LogP contribution in [-0.4, -0.2) is 93.0 Å². The number of β-amino-alcohol motifs (C(OH)–C–C–N with tert-alkyl or cyclic N) is 1. The molecule has 4 heterocycles. The summed E-state index contributed by atoms with van der Waals surface area (Å²) in [5.74, 6) is 2.16. The topological polar surface area (TPSA) is 90.1 Å². The Morgan fingerprint density at radius 2 is 1.97 bits per heavy atom. The Balaban J connectivity index is 1.41. The van der Waals surface area contributed by atoms with Gasteiger partial charge in [-0.05, 0) is 57.3 Å². The van der Waals surface area contributed by atoms with Crippen molar-refractivity contribution in [2.45, 2.75) is 50.5 Å². The number of likely N-dealkylation sites (tertiary alicyclic amines) is 2. The normalized spacial score (nSPS) is 24.2. The summed E-state index contributed by atoms with van der Waals surface area (Å²) < 4.78 is 1.87. The first-order valence-corrected chi connectivity index (χ1v) is 10.9. The van der Waals surface area contributed by atoms with Crippen LogP contribution in [0.3, 0.4) is 0 Å². The van der Waals surface area contributed by atoms with Crippen molar-refractivity contribution in [3.05, 3.63) is 18.0 Å². The first kappa shape index (κ1) is 21.0. The molecule has 1 N–H and O–H groups in total. The molecule has 1 amide bonds. The molecule has 2 aliphatic heterocycles. The van der Waals surface area contributed by atoms with Crippen molar-refractivity contribution in [1.29, 1.82) is 0 Å². The molecule has 2 aromatic heterocycles. The first-order chi connectivity index (χ1) is 14.3. The molecule has 0 aromatic carbocycles. The highest BCUT2D eigenvalue weighted by atomic mass is 16.3. The van der Waals surface area contributed by atoms with Crippen LogP contribution in [0, 0.1) is 0 Å². The van der Waals surface area contributed by atoms with Crippen LogP contribution in [0.2, 0.25) is 0 Å². The molecule has 2 saturated heterocycles. The van der Waals surface area contributed by atoms with Gasteiger partial charge in [-0.3, -0.25) is 4.79 Å². The van der Waals surface area contributed by atoms with Gasteiger partial charge < -0.3 is 19.8 Å². The minimum absolute atomic E-state index is 0.0531. The van der Waals surface area contributed by atoms with Crippen molar-refractivity contribution in [2.75, 3.05) is 51.7 Å². The Morgan fingerprint density at radius 1 is 1.20 bits per heavy atom. The predicted molar refractivity (Wildman–Crippen MR) is 115 cm³/mol. The van der Waals surface area contributed by atoms with Gasteiger partial charge in [-0.15, -0.1) is 15.3 Å². The molecule has 1 unspecified atom stereocenters. The number of hydrogen-bond acceptors (Lipinski definition) is 7. The molecular formula is C21H33N7O2. The van der Waals surface area contributed by atoms with E-state index in [0.717, 1.165) is 69.0 Å². The molecule has 4 rings (SSSR count). The van der Waals surface area contributed by atoms with E-state index in [1.807, 2.05) is 35.6 Å². The lowest BCUT2D eigenvalue weighted by molar-refractivity contribution is -0.132. The van der Waals surface area contributed by atoms with E-state index >= 15 is 0 Å². The Bertz CT molecular complexity index is 891. The molecule has 9 heteroatoms. The first-order valence-electron chi connectivity index (χ1n) is 10.9. The van der Waals surface area contributed by atoms with Crippen molar-refractivity contribution < 1.29 is 9.90 Å². The van der Waals surface area contributed by atoms with Crippen LogP contribution < -0.4 is 4.90 Å². The fourth-order valence-electron chi connectivity index (χ4n) is 4.72. The van der Waals surface area contributed by atoms with Crippen LogP contribution in [0.15, 0.2) is 12.1 Å². The number of anilines is 1. The van der Waals surface area contributed by atoms with Gasteiger partial charge in [0.1, 0.15) is 5.82 Å². The van der Waals surface area contributed by atoms with Gasteiger partial charge in [0.15, 0.2) is 11.5 Å². The zero-order chi connectivity index (χ0) is 21.3. The van der Waals surface area contributed by atoms with E-state index in [0.29, 0.717) is 19.0 Å². The van der Waals surface area contributed by atoms with Gasteiger partial charge in [-0.25, -0.2) is 0 Å². The van der Waals surface area contributed by atoms with Gasteiger partial charge in [0.25, 0.3) is 0 Å². The second-order valence-corrected chi connectivity index (χ2v) is 9.09. The van der Waals surface area contributed by atoms with Crippen LogP contribution in [-0.2, 0) is 4.79 Å². The predicted octanol–water partition coefficient (Wildman–Crippen LogP) is 1.13. The minimum Gasteiger partial charge on any atom is -0.387 e. The highest BCUT2D eigenvalue weighted by Gasteiger charge is 2.36. The highest BCUT2D eigenvalue weighted by molar-refractivity contribution is 5.73. The Morgan fingerprint density at radius 3 is 2.67 bits per heavy atom. The number of piperidine rings is 1. The summed E-state index contributed by atoms with van der Waals surface area (Å²) in [7, 11) is 3.95. The van der Waals surface area contributed by atoms with E-state index in [1.165, 1.54) is 0 Å². The maximum atomic E-state index is 11.9. The maximum absolute atomic E-state index is 11.9. The molecule has 0 bridgehead atoms. The second-order valence-electron chi connectivity index (χ2n) is 9.09. The monoisotopic (exact) mass is 415 g/mol. The fourth-order valence-corrected chi connectivity index (χ4v) is 4.72. The largest absolute Gasteiger partial charge is 0.387 e. The number of nitrogens with zero attached hydrogens (tertiary/aromatic N) is 7. The van der Waals surface area contributed by atoms with Crippen LogP contribution in [0.25, 0.3) is 5.65 Å². The SMILES string of the molecule is CC(=O)N1CCCCC(O)(CN2CCC(c3nnc4ccc(N(C)C)nn34)CC2)C1. The number of rotatable bonds is 4. The van der Waals surface area contributed by atoms with Gasteiger partial charge in [0.05, 0.1) is 12.1 Å². The second kappa shape index (κ2) is 8.47. The molecule has 0 spiro atoms. The molecule has 30 heavy (non-hydrogen) atoms. The summed E-state index contributed by atoms with van der Waals surface area (Å²) >= 11 is 0. The van der Waals surface area contributed by atoms with Crippen molar-refractivity contribution in [1.82, 2.24) is 29.6 Å². The van der Waals surface area contributed by atoms with Gasteiger partial charge in [-0.2, -0.15) is 4.52 Å². The van der Waals surface area contributed by atoms with Crippen LogP contribution in [0.4, 0.5) is 5.82 Å². The van der Waals surface area contributed by atoms with E-state index in [-0.39, 0.29) is 5.91 Å². The molecule has 2 aromatic rings. The Labute approximate surface area is 177 Å². The van der Waals surface area contributed by atoms with Crippen molar-refractivity contribution in [3.63, 3.8) is 0 Å². The molecular weight excluding hydrogens is 382 g/mol. The average Bonchev–Trinajstić information content (AvgIpc) is 3.03. The number of aliphatic hydroxyl groups is 1. The number of carbonyl (C=O) groups is 1. The van der Waals surface area contributed by atoms with Crippen molar-refractivity contribution >= 4 is 17.4 Å². The number of fused-ring (bicyclic) bond motifs is 1. The average molecular weight is 416 g/mol. The molecule has 164 valence electrons. The molecule has 0 saturated carbocycles. The smallest absolute Gasteiger partial charge is 0.219 e. The summed E-state index contributed by atoms with van der Waals surface area (Å²) in [6.07, 6.45) is 4.60. The molecule has 1 atom stereocenters. The number of amides is 1. The van der Waals surface area contributed by atoms with E-state index in [2.05, 4.69) is 15.1 Å². The van der Waals surface area contributed by atoms with Crippen molar-refractivity contribution in [2.24, 2.45) is 0 Å². The van der Waals surface area contributed by atoms with E-state index < -0.39 is 5.60 Å². The van der Waals surface area contributed by atoms with E-state index in [1.54, 1.807) is 11.8 Å². The van der Waals surface area contributed by atoms with Crippen LogP contribution in [0.5, 0.6) is 0 Å². The zero-order valence-corrected chi connectivity index (χ0v) is 18.3. The van der Waals surface area contributed by atoms with E-state index in [4.69, 9.17) is 5.10 Å². The van der Waals surface area contributed by atoms with Gasteiger partial charge >= 0.3 is 0 Å². The lowest BCUT2D eigenvalue weighted by atomic mass is 9.92. The quantitative estimate of drug-likeness (QED) is 0.801. The van der Waals surface area contributed by atoms with E-state index in [9.17, 15) is 9.90 Å². The van der Waals surface area contributed by atoms with Gasteiger partial charge in [0, 0.05) is 40.0 Å². The summed E-state index contributed by atoms with van der Waals surface area (Å²) in [4.78, 5) is 18.0. The third-order valence-corrected chi connectivity index (χ3v) is 6.45. The van der Waals surface area contributed by atoms with Gasteiger partial charge in [-0.1, -0.05) is 0 Å². The minimum atomic E-state index is -0.821. The summed E-state index contributed by atoms with van der Waals surface area (Å²) in [6, 6.07) is 3.91. The standard InChI is InChI=1S/C21H33N7O2/c1-16(29)27-11-5-4-10-21(30,15-27)14-26-12-8-17(9-13-26)20-23-22-18-6-7-19(25(2)3)24-28(18)20/h6-7,17,30H,4-5,8-15H2,1-3H3. The zero-order valence-electron chi connectivity index (χ0n) is 18.3.